The van der Waals surface area contributed by atoms with E-state index in [9.17, 15) is 43.5 Å². The van der Waals surface area contributed by atoms with E-state index in [1.165, 1.54) is 19.4 Å². The fraction of sp³-hybridized carbons (Fsp3) is 0.367. The fourth-order valence-corrected chi connectivity index (χ4v) is 13.7. The third-order valence-electron chi connectivity index (χ3n) is 18.5. The first kappa shape index (κ1) is 77.0. The van der Waals surface area contributed by atoms with Gasteiger partial charge in [0.05, 0.1) is 42.1 Å². The number of carbonyl (C=O) groups is 8. The van der Waals surface area contributed by atoms with Crippen LogP contribution in [0.2, 0.25) is 0 Å². The number of aliphatic hydroxyl groups is 1. The van der Waals surface area contributed by atoms with Crippen LogP contribution >= 0.6 is 45.9 Å². The minimum atomic E-state index is -0.604. The first-order valence-electron chi connectivity index (χ1n) is 33.6. The van der Waals surface area contributed by atoms with Crippen LogP contribution in [-0.2, 0) is 81.1 Å². The molecule has 6 aromatic carbocycles. The molecule has 528 valence electrons. The van der Waals surface area contributed by atoms with Gasteiger partial charge in [-0.2, -0.15) is 0 Å². The maximum atomic E-state index is 12.6. The molecule has 3 heterocycles. The van der Waals surface area contributed by atoms with Crippen LogP contribution in [0.25, 0.3) is 0 Å². The van der Waals surface area contributed by atoms with E-state index in [2.05, 4.69) is 39.8 Å². The van der Waals surface area contributed by atoms with E-state index in [-0.39, 0.29) is 95.7 Å². The Bertz CT molecular complexity index is 3550. The third-order valence-corrected chi connectivity index (χ3v) is 38.4. The zero-order chi connectivity index (χ0) is 70.8. The van der Waals surface area contributed by atoms with Crippen molar-refractivity contribution in [3.05, 3.63) is 252 Å². The first-order chi connectivity index (χ1) is 48.5. The zero-order valence-corrected chi connectivity index (χ0v) is 62.7. The molecule has 21 heteroatoms. The maximum absolute atomic E-state index is 12.6. The molecule has 6 aromatic rings. The van der Waals surface area contributed by atoms with Crippen LogP contribution in [0.3, 0.4) is 0 Å². The van der Waals surface area contributed by atoms with Crippen LogP contribution < -0.4 is 15.8 Å². The molecule has 15 atom stereocenters. The predicted octanol–water partition coefficient (Wildman–Crippen LogP) is 11.7. The summed E-state index contributed by atoms with van der Waals surface area (Å²) in [5.74, 6) is -3.22. The standard InChI is InChI=1S/2C27H28O6.C25H26O5.I3S/c2*1-18(28)31-21(13-12-19-8-4-2-5-9-19)14-15-22-23-16-26(29)32-25(23)17-24(22)33-27(30)20-10-6-3-7-11-20;26-19(12-11-17-7-3-1-4-8-17)13-14-20-21-15-24(27)29-23(21)16-22(20)30-25(28)18-9-5-2-6-10-18;1-3-4-2/h2*2-11,14-15,21-25H,12-13,16-17H2,1H3;1-10,13-14,19-23,26H,11-12,15-16H2;/q;;;-1/b2*15-14+;14-13+;/t2*21?,22?,23-,24?,25+;19?,20?,21-,22?,23+;/m111./s1. The smallest absolute Gasteiger partial charge is 0.338 e. The van der Waals surface area contributed by atoms with Gasteiger partial charge in [-0.1, -0.05) is 170 Å². The number of benzene rings is 6. The van der Waals surface area contributed by atoms with E-state index in [0.29, 0.717) is 90.3 Å². The average molecular weight is 1720 g/mol. The summed E-state index contributed by atoms with van der Waals surface area (Å²) < 4.78 is 44.8. The van der Waals surface area contributed by atoms with Crippen molar-refractivity contribution >= 4 is 93.7 Å². The van der Waals surface area contributed by atoms with Gasteiger partial charge in [0.1, 0.15) is 48.8 Å². The van der Waals surface area contributed by atoms with E-state index >= 15 is 0 Å². The number of carbonyl (C=O) groups excluding carboxylic acids is 8. The number of halogens is 3. The molecule has 3 saturated heterocycles. The summed E-state index contributed by atoms with van der Waals surface area (Å²) in [6.45, 7) is 2.78. The van der Waals surface area contributed by atoms with E-state index in [0.717, 1.165) is 30.4 Å². The molecular formula is C79H82I3O17S-. The van der Waals surface area contributed by atoms with Gasteiger partial charge in [-0.05, 0) is 104 Å². The Kier molecular flexibility index (Phi) is 30.7. The number of aryl methyl sites for hydroxylation is 3. The van der Waals surface area contributed by atoms with Crippen molar-refractivity contribution in [2.75, 3.05) is 0 Å². The topological polar surface area (TPSA) is 231 Å². The predicted molar refractivity (Wildman–Crippen MR) is 390 cm³/mol. The van der Waals surface area contributed by atoms with Crippen LogP contribution in [0, 0.1) is 35.5 Å². The molecule has 3 saturated carbocycles. The third kappa shape index (κ3) is 23.7. The van der Waals surface area contributed by atoms with Crippen molar-refractivity contribution in [3.8, 4) is 0 Å². The summed E-state index contributed by atoms with van der Waals surface area (Å²) in [4.78, 5) is 96.6. The quantitative estimate of drug-likeness (QED) is 0.0257. The van der Waals surface area contributed by atoms with Crippen molar-refractivity contribution < 1.29 is 97.2 Å². The van der Waals surface area contributed by atoms with Crippen molar-refractivity contribution in [2.24, 2.45) is 35.5 Å². The SMILES string of the molecule is CC(=O)OC(/C=C/C1C(OC(=O)c2ccccc2)C[C@@H]2OC(=O)C[C@H]12)CCc1ccccc1.CC(=O)OC(/C=C/C1C(OC(=O)c2ccccc2)C[C@@H]2OC(=O)C[C@H]12)CCc1ccccc1.IS[I-]I.O=C1C[C@@H]2C(/C=C/C(O)CCc3ccccc3)C(OC(=O)c3ccccc3)C[C@@H]2O1. The Hall–Kier alpha value is -7.20. The van der Waals surface area contributed by atoms with Gasteiger partial charge in [-0.25, -0.2) is 14.4 Å². The van der Waals surface area contributed by atoms with Crippen LogP contribution in [0.15, 0.2) is 218 Å². The molecule has 0 aromatic heterocycles. The second-order valence-corrected chi connectivity index (χ2v) is 40.9. The van der Waals surface area contributed by atoms with Crippen LogP contribution in [0.4, 0.5) is 0 Å². The van der Waals surface area contributed by atoms with Gasteiger partial charge in [0.15, 0.2) is 0 Å². The Morgan fingerprint density at radius 3 is 1.01 bits per heavy atom. The van der Waals surface area contributed by atoms with Crippen LogP contribution in [0.5, 0.6) is 0 Å². The molecule has 100 heavy (non-hydrogen) atoms. The molecular weight excluding hydrogens is 1630 g/mol. The normalized spacial score (nSPS) is 24.6. The molecule has 0 amide bonds. The van der Waals surface area contributed by atoms with E-state index in [1.54, 1.807) is 78.9 Å². The van der Waals surface area contributed by atoms with Gasteiger partial charge in [-0.15, -0.1) is 0 Å². The minimum Gasteiger partial charge on any atom is -0.462 e. The first-order valence-corrected chi connectivity index (χ1v) is 45.8. The fourth-order valence-electron chi connectivity index (χ4n) is 13.7. The zero-order valence-electron chi connectivity index (χ0n) is 55.5. The van der Waals surface area contributed by atoms with Gasteiger partial charge in [0.2, 0.25) is 0 Å². The second kappa shape index (κ2) is 39.9. The average Bonchev–Trinajstić information content (AvgIpc) is 1.65. The molecule has 0 bridgehead atoms. The van der Waals surface area contributed by atoms with Crippen molar-refractivity contribution in [1.82, 2.24) is 0 Å². The summed E-state index contributed by atoms with van der Waals surface area (Å²) in [7, 11) is 0. The van der Waals surface area contributed by atoms with Crippen molar-refractivity contribution in [3.63, 3.8) is 0 Å². The largest absolute Gasteiger partial charge is 0.462 e. The molecule has 0 spiro atoms. The van der Waals surface area contributed by atoms with Gasteiger partial charge < -0.3 is 43.0 Å². The summed E-state index contributed by atoms with van der Waals surface area (Å²) in [6, 6.07) is 56.6. The molecule has 9 unspecified atom stereocenters. The Morgan fingerprint density at radius 2 is 0.730 bits per heavy atom. The number of aliphatic hydroxyl groups excluding tert-OH is 1. The number of hydrogen-bond donors (Lipinski definition) is 1. The Balaban J connectivity index is 0.000000170. The van der Waals surface area contributed by atoms with Crippen molar-refractivity contribution in [1.29, 1.82) is 0 Å². The molecule has 3 aliphatic carbocycles. The molecule has 12 rings (SSSR count). The summed E-state index contributed by atoms with van der Waals surface area (Å²) in [5, 5.41) is 10.4. The van der Waals surface area contributed by atoms with Gasteiger partial charge in [0.25, 0.3) is 0 Å². The number of hydrogen-bond acceptors (Lipinski definition) is 18. The summed E-state index contributed by atoms with van der Waals surface area (Å²) >= 11 is 5.21. The van der Waals surface area contributed by atoms with E-state index in [4.69, 9.17) is 37.9 Å². The molecule has 0 radical (unpaired) electrons. The molecule has 17 nitrogen and oxygen atoms in total. The van der Waals surface area contributed by atoms with Gasteiger partial charge >= 0.3 is 110 Å². The Labute approximate surface area is 618 Å². The van der Waals surface area contributed by atoms with Crippen molar-refractivity contribution in [2.45, 2.75) is 146 Å². The monoisotopic (exact) mass is 1720 g/mol. The number of rotatable bonds is 24. The number of ether oxygens (including phenoxy) is 8. The summed E-state index contributed by atoms with van der Waals surface area (Å²) in [6.07, 6.45) is 16.3. The second-order valence-electron chi connectivity index (χ2n) is 25.3. The minimum absolute atomic E-state index is 0.0244. The number of esters is 8. The molecule has 3 aliphatic heterocycles. The van der Waals surface area contributed by atoms with Crippen LogP contribution in [-0.4, -0.2) is 108 Å². The molecule has 6 aliphatic rings. The summed E-state index contributed by atoms with van der Waals surface area (Å²) in [5.41, 5.74) is 4.96. The molecule has 6 fully saturated rings. The molecule has 1 N–H and O–H groups in total. The maximum Gasteiger partial charge on any atom is 0.338 e. The van der Waals surface area contributed by atoms with Crippen LogP contribution in [0.1, 0.15) is 119 Å². The van der Waals surface area contributed by atoms with Gasteiger partial charge in [0, 0.05) is 68.6 Å². The van der Waals surface area contributed by atoms with Gasteiger partial charge in [-0.3, -0.25) is 24.0 Å². The van der Waals surface area contributed by atoms with E-state index in [1.807, 2.05) is 146 Å². The number of fused-ring (bicyclic) bond motifs is 3. The van der Waals surface area contributed by atoms with E-state index < -0.39 is 42.5 Å². The Morgan fingerprint density at radius 1 is 0.460 bits per heavy atom.